The maximum atomic E-state index is 13.0. The first-order valence-electron chi connectivity index (χ1n) is 9.10. The van der Waals surface area contributed by atoms with Crippen molar-refractivity contribution in [3.8, 4) is 5.75 Å². The van der Waals surface area contributed by atoms with Crippen molar-refractivity contribution in [2.24, 2.45) is 0 Å². The number of thiazole rings is 1. The van der Waals surface area contributed by atoms with E-state index in [2.05, 4.69) is 10.3 Å². The molecule has 1 atom stereocenters. The van der Waals surface area contributed by atoms with E-state index in [4.69, 9.17) is 4.74 Å². The largest absolute Gasteiger partial charge is 0.497 e. The summed E-state index contributed by atoms with van der Waals surface area (Å²) in [6.07, 6.45) is 1.21. The lowest BCUT2D eigenvalue weighted by molar-refractivity contribution is -0.131. The molecule has 0 radical (unpaired) electrons. The molecule has 0 aliphatic carbocycles. The number of aryl methyl sites for hydroxylation is 1. The summed E-state index contributed by atoms with van der Waals surface area (Å²) in [7, 11) is 1.63. The van der Waals surface area contributed by atoms with Crippen LogP contribution in [0.25, 0.3) is 10.2 Å². The van der Waals surface area contributed by atoms with E-state index in [1.165, 1.54) is 16.2 Å². The molecule has 1 aliphatic heterocycles. The molecular weight excluding hydrogens is 374 g/mol. The summed E-state index contributed by atoms with van der Waals surface area (Å²) in [5.74, 6) is 0.590. The molecule has 2 aromatic carbocycles. The number of carbonyl (C=O) groups excluding carboxylic acids is 2. The van der Waals surface area contributed by atoms with Crippen molar-refractivity contribution in [2.45, 2.75) is 31.8 Å². The fourth-order valence-corrected chi connectivity index (χ4v) is 4.33. The smallest absolute Gasteiger partial charge is 0.325 e. The number of carbonyl (C=O) groups is 2. The number of hydrogen-bond acceptors (Lipinski definition) is 5. The summed E-state index contributed by atoms with van der Waals surface area (Å²) in [5, 5.41) is 3.62. The SMILES string of the molecule is COc1ccc(CCC2(C)NC(=O)N(Cc3nc4ccccc4s3)C2=O)cc1. The number of ether oxygens (including phenoxy) is 1. The molecule has 1 unspecified atom stereocenters. The third-order valence-electron chi connectivity index (χ3n) is 5.05. The molecule has 4 rings (SSSR count). The van der Waals surface area contributed by atoms with Crippen LogP contribution >= 0.6 is 11.3 Å². The Bertz CT molecular complexity index is 998. The Morgan fingerprint density at radius 1 is 1.14 bits per heavy atom. The van der Waals surface area contributed by atoms with E-state index in [9.17, 15) is 9.59 Å². The van der Waals surface area contributed by atoms with Gasteiger partial charge in [-0.2, -0.15) is 0 Å². The van der Waals surface area contributed by atoms with Gasteiger partial charge < -0.3 is 10.1 Å². The average molecular weight is 395 g/mol. The molecule has 7 heteroatoms. The first-order chi connectivity index (χ1) is 13.5. The highest BCUT2D eigenvalue weighted by Crippen LogP contribution is 2.28. The van der Waals surface area contributed by atoms with E-state index in [1.807, 2.05) is 48.5 Å². The Hall–Kier alpha value is -2.93. The molecule has 1 fully saturated rings. The highest BCUT2D eigenvalue weighted by atomic mass is 32.1. The number of hydrogen-bond donors (Lipinski definition) is 1. The van der Waals surface area contributed by atoms with Crippen LogP contribution < -0.4 is 10.1 Å². The highest BCUT2D eigenvalue weighted by molar-refractivity contribution is 7.18. The summed E-state index contributed by atoms with van der Waals surface area (Å²) in [4.78, 5) is 31.3. The number of imide groups is 1. The first-order valence-corrected chi connectivity index (χ1v) is 9.92. The molecule has 144 valence electrons. The minimum absolute atomic E-state index is 0.197. The number of benzene rings is 2. The molecule has 1 saturated heterocycles. The third-order valence-corrected chi connectivity index (χ3v) is 6.07. The first kappa shape index (κ1) is 18.4. The normalized spacial score (nSPS) is 19.3. The molecule has 3 aromatic rings. The van der Waals surface area contributed by atoms with Gasteiger partial charge in [0, 0.05) is 0 Å². The molecule has 28 heavy (non-hydrogen) atoms. The number of urea groups is 1. The second kappa shape index (κ2) is 7.24. The number of nitrogens with zero attached hydrogens (tertiary/aromatic N) is 2. The zero-order valence-corrected chi connectivity index (χ0v) is 16.6. The standard InChI is InChI=1S/C21H21N3O3S/c1-21(12-11-14-7-9-15(27-2)10-8-14)19(25)24(20(26)23-21)13-18-22-16-5-3-4-6-17(16)28-18/h3-10H,11-13H2,1-2H3,(H,23,26). The molecule has 0 spiro atoms. The van der Waals surface area contributed by atoms with Crippen molar-refractivity contribution in [2.75, 3.05) is 7.11 Å². The van der Waals surface area contributed by atoms with Gasteiger partial charge in [-0.25, -0.2) is 9.78 Å². The van der Waals surface area contributed by atoms with Gasteiger partial charge in [-0.1, -0.05) is 24.3 Å². The fraction of sp³-hybridized carbons (Fsp3) is 0.286. The van der Waals surface area contributed by atoms with Crippen molar-refractivity contribution in [1.29, 1.82) is 0 Å². The van der Waals surface area contributed by atoms with Crippen LogP contribution in [0, 0.1) is 0 Å². The minimum atomic E-state index is -0.909. The summed E-state index contributed by atoms with van der Waals surface area (Å²) in [5.41, 5.74) is 1.07. The molecule has 1 N–H and O–H groups in total. The molecule has 2 heterocycles. The lowest BCUT2D eigenvalue weighted by atomic mass is 9.93. The number of amides is 3. The van der Waals surface area contributed by atoms with Crippen LogP contribution in [-0.2, 0) is 17.8 Å². The molecule has 3 amide bonds. The number of nitrogens with one attached hydrogen (secondary N) is 1. The Labute approximate surface area is 167 Å². The number of rotatable bonds is 6. The number of methoxy groups -OCH3 is 1. The predicted octanol–water partition coefficient (Wildman–Crippen LogP) is 3.75. The second-order valence-corrected chi connectivity index (χ2v) is 8.19. The quantitative estimate of drug-likeness (QED) is 0.645. The van der Waals surface area contributed by atoms with Gasteiger partial charge in [0.15, 0.2) is 0 Å². The van der Waals surface area contributed by atoms with Crippen LogP contribution in [0.1, 0.15) is 23.9 Å². The molecule has 0 saturated carbocycles. The van der Waals surface area contributed by atoms with Crippen molar-refractivity contribution >= 4 is 33.5 Å². The Kier molecular flexibility index (Phi) is 4.77. The fourth-order valence-electron chi connectivity index (χ4n) is 3.37. The van der Waals surface area contributed by atoms with E-state index in [1.54, 1.807) is 14.0 Å². The van der Waals surface area contributed by atoms with Gasteiger partial charge in [0.05, 0.1) is 23.9 Å². The van der Waals surface area contributed by atoms with Crippen LogP contribution in [0.15, 0.2) is 48.5 Å². The van der Waals surface area contributed by atoms with Gasteiger partial charge in [-0.3, -0.25) is 9.69 Å². The topological polar surface area (TPSA) is 71.5 Å². The zero-order valence-electron chi connectivity index (χ0n) is 15.8. The monoisotopic (exact) mass is 395 g/mol. The van der Waals surface area contributed by atoms with Crippen molar-refractivity contribution in [3.63, 3.8) is 0 Å². The maximum absolute atomic E-state index is 13.0. The van der Waals surface area contributed by atoms with E-state index in [0.29, 0.717) is 12.8 Å². The van der Waals surface area contributed by atoms with Gasteiger partial charge in [0.25, 0.3) is 5.91 Å². The minimum Gasteiger partial charge on any atom is -0.497 e. The van der Waals surface area contributed by atoms with Crippen molar-refractivity contribution in [3.05, 3.63) is 59.1 Å². The Morgan fingerprint density at radius 2 is 1.89 bits per heavy atom. The lowest BCUT2D eigenvalue weighted by Crippen LogP contribution is -2.44. The van der Waals surface area contributed by atoms with Gasteiger partial charge in [-0.05, 0) is 49.6 Å². The summed E-state index contributed by atoms with van der Waals surface area (Å²) < 4.78 is 6.22. The van der Waals surface area contributed by atoms with E-state index in [-0.39, 0.29) is 18.5 Å². The summed E-state index contributed by atoms with van der Waals surface area (Å²) >= 11 is 1.51. The summed E-state index contributed by atoms with van der Waals surface area (Å²) in [6, 6.07) is 15.2. The van der Waals surface area contributed by atoms with Gasteiger partial charge in [0.2, 0.25) is 0 Å². The van der Waals surface area contributed by atoms with E-state index in [0.717, 1.165) is 26.5 Å². The molecular formula is C21H21N3O3S. The number of para-hydroxylation sites is 1. The lowest BCUT2D eigenvalue weighted by Gasteiger charge is -2.21. The van der Waals surface area contributed by atoms with E-state index >= 15 is 0 Å². The van der Waals surface area contributed by atoms with Gasteiger partial charge in [-0.15, -0.1) is 11.3 Å². The van der Waals surface area contributed by atoms with Crippen molar-refractivity contribution < 1.29 is 14.3 Å². The van der Waals surface area contributed by atoms with Crippen LogP contribution in [0.4, 0.5) is 4.79 Å². The molecule has 1 aromatic heterocycles. The summed E-state index contributed by atoms with van der Waals surface area (Å²) in [6.45, 7) is 1.98. The van der Waals surface area contributed by atoms with Gasteiger partial charge in [0.1, 0.15) is 16.3 Å². The van der Waals surface area contributed by atoms with Crippen LogP contribution in [-0.4, -0.2) is 34.5 Å². The van der Waals surface area contributed by atoms with Crippen LogP contribution in [0.2, 0.25) is 0 Å². The van der Waals surface area contributed by atoms with Crippen LogP contribution in [0.3, 0.4) is 0 Å². The Balaban J connectivity index is 1.45. The van der Waals surface area contributed by atoms with E-state index < -0.39 is 5.54 Å². The molecule has 1 aliphatic rings. The number of fused-ring (bicyclic) bond motifs is 1. The predicted molar refractivity (Wildman–Crippen MR) is 108 cm³/mol. The highest BCUT2D eigenvalue weighted by Gasteiger charge is 2.47. The van der Waals surface area contributed by atoms with Crippen LogP contribution in [0.5, 0.6) is 5.75 Å². The second-order valence-electron chi connectivity index (χ2n) is 7.08. The maximum Gasteiger partial charge on any atom is 0.325 e. The number of aromatic nitrogens is 1. The molecule has 0 bridgehead atoms. The Morgan fingerprint density at radius 3 is 2.61 bits per heavy atom. The molecule has 6 nitrogen and oxygen atoms in total. The van der Waals surface area contributed by atoms with Gasteiger partial charge >= 0.3 is 6.03 Å². The average Bonchev–Trinajstić information content (AvgIpc) is 3.21. The zero-order chi connectivity index (χ0) is 19.7. The third kappa shape index (κ3) is 3.45. The van der Waals surface area contributed by atoms with Crippen molar-refractivity contribution in [1.82, 2.24) is 15.2 Å².